The van der Waals surface area contributed by atoms with Gasteiger partial charge in [-0.1, -0.05) is 30.3 Å². The van der Waals surface area contributed by atoms with Crippen molar-refractivity contribution in [1.29, 1.82) is 0 Å². The monoisotopic (exact) mass is 211 g/mol. The summed E-state index contributed by atoms with van der Waals surface area (Å²) in [6, 6.07) is 9.71. The lowest BCUT2D eigenvalue weighted by molar-refractivity contribution is 0.164. The van der Waals surface area contributed by atoms with Crippen molar-refractivity contribution in [3.63, 3.8) is 0 Å². The van der Waals surface area contributed by atoms with Gasteiger partial charge in [0, 0.05) is 0 Å². The standard InChI is InChI=1S/C10H13NO2S/c1-8(12)11-10(14)13-7-9-5-3-2-4-6-9/h2-6,8,12H,7H2,1H3,(H,11,14). The van der Waals surface area contributed by atoms with Crippen molar-refractivity contribution in [3.05, 3.63) is 35.9 Å². The van der Waals surface area contributed by atoms with Crippen molar-refractivity contribution >= 4 is 17.4 Å². The van der Waals surface area contributed by atoms with Crippen LogP contribution in [0.4, 0.5) is 0 Å². The minimum absolute atomic E-state index is 0.212. The Bertz CT molecular complexity index is 287. The Morgan fingerprint density at radius 1 is 1.50 bits per heavy atom. The highest BCUT2D eigenvalue weighted by Crippen LogP contribution is 2.00. The topological polar surface area (TPSA) is 41.5 Å². The molecule has 76 valence electrons. The molecule has 0 fully saturated rings. The maximum Gasteiger partial charge on any atom is 0.258 e. The first kappa shape index (κ1) is 10.9. The normalized spacial score (nSPS) is 11.9. The summed E-state index contributed by atoms with van der Waals surface area (Å²) in [6.45, 7) is 2.00. The second-order valence-corrected chi connectivity index (χ2v) is 3.25. The Morgan fingerprint density at radius 3 is 2.71 bits per heavy atom. The smallest absolute Gasteiger partial charge is 0.258 e. The van der Waals surface area contributed by atoms with Gasteiger partial charge in [-0.3, -0.25) is 0 Å². The fourth-order valence-corrected chi connectivity index (χ4v) is 1.16. The first-order chi connectivity index (χ1) is 6.68. The third-order valence-electron chi connectivity index (χ3n) is 1.54. The van der Waals surface area contributed by atoms with Crippen LogP contribution in [0, 0.1) is 0 Å². The quantitative estimate of drug-likeness (QED) is 0.586. The van der Waals surface area contributed by atoms with Crippen molar-refractivity contribution in [2.75, 3.05) is 0 Å². The third-order valence-corrected chi connectivity index (χ3v) is 1.78. The van der Waals surface area contributed by atoms with Crippen molar-refractivity contribution in [2.45, 2.75) is 19.8 Å². The molecule has 14 heavy (non-hydrogen) atoms. The summed E-state index contributed by atoms with van der Waals surface area (Å²) in [7, 11) is 0. The van der Waals surface area contributed by atoms with Gasteiger partial charge >= 0.3 is 0 Å². The van der Waals surface area contributed by atoms with Crippen LogP contribution < -0.4 is 5.32 Å². The third kappa shape index (κ3) is 4.20. The summed E-state index contributed by atoms with van der Waals surface area (Å²) in [5, 5.41) is 11.7. The van der Waals surface area contributed by atoms with E-state index in [1.807, 2.05) is 30.3 Å². The molecule has 0 heterocycles. The zero-order chi connectivity index (χ0) is 10.4. The molecule has 1 unspecified atom stereocenters. The number of hydrogen-bond acceptors (Lipinski definition) is 3. The fraction of sp³-hybridized carbons (Fsp3) is 0.300. The number of rotatable bonds is 3. The van der Waals surface area contributed by atoms with Crippen molar-refractivity contribution in [3.8, 4) is 0 Å². The molecule has 0 aliphatic heterocycles. The second kappa shape index (κ2) is 5.57. The summed E-state index contributed by atoms with van der Waals surface area (Å²) in [4.78, 5) is 0. The number of thiocarbonyl (C=S) groups is 1. The molecule has 0 aromatic heterocycles. The van der Waals surface area contributed by atoms with Gasteiger partial charge < -0.3 is 15.2 Å². The second-order valence-electron chi connectivity index (χ2n) is 2.88. The maximum absolute atomic E-state index is 8.94. The molecule has 4 heteroatoms. The predicted molar refractivity (Wildman–Crippen MR) is 58.6 cm³/mol. The molecular weight excluding hydrogens is 198 g/mol. The molecule has 0 bridgehead atoms. The Balaban J connectivity index is 2.31. The molecule has 1 aromatic rings. The Hall–Kier alpha value is -1.13. The number of aliphatic hydroxyl groups is 1. The number of benzene rings is 1. The van der Waals surface area contributed by atoms with Crippen LogP contribution in [0.5, 0.6) is 0 Å². The molecular formula is C10H13NO2S. The van der Waals surface area contributed by atoms with Crippen LogP contribution in [0.15, 0.2) is 30.3 Å². The Morgan fingerprint density at radius 2 is 2.14 bits per heavy atom. The van der Waals surface area contributed by atoms with E-state index in [1.54, 1.807) is 6.92 Å². The molecule has 3 nitrogen and oxygen atoms in total. The minimum Gasteiger partial charge on any atom is -0.466 e. The van der Waals surface area contributed by atoms with Crippen LogP contribution in [-0.4, -0.2) is 16.5 Å². The molecule has 1 rings (SSSR count). The average molecular weight is 211 g/mol. The number of aliphatic hydroxyl groups excluding tert-OH is 1. The molecule has 0 radical (unpaired) electrons. The highest BCUT2D eigenvalue weighted by molar-refractivity contribution is 7.80. The van der Waals surface area contributed by atoms with Gasteiger partial charge in [-0.25, -0.2) is 0 Å². The fourth-order valence-electron chi connectivity index (χ4n) is 0.935. The van der Waals surface area contributed by atoms with Gasteiger partial charge in [0.2, 0.25) is 0 Å². The number of hydrogen-bond donors (Lipinski definition) is 2. The van der Waals surface area contributed by atoms with E-state index in [1.165, 1.54) is 0 Å². The highest BCUT2D eigenvalue weighted by Gasteiger charge is 2.00. The van der Waals surface area contributed by atoms with Crippen molar-refractivity contribution in [1.82, 2.24) is 5.32 Å². The molecule has 0 aliphatic carbocycles. The van der Waals surface area contributed by atoms with E-state index in [0.29, 0.717) is 6.61 Å². The summed E-state index contributed by atoms with van der Waals surface area (Å²) in [5.74, 6) is 0. The summed E-state index contributed by atoms with van der Waals surface area (Å²) >= 11 is 4.84. The van der Waals surface area contributed by atoms with Crippen LogP contribution in [0.25, 0.3) is 0 Å². The van der Waals surface area contributed by atoms with Gasteiger partial charge in [-0.2, -0.15) is 0 Å². The zero-order valence-corrected chi connectivity index (χ0v) is 8.75. The van der Waals surface area contributed by atoms with E-state index in [9.17, 15) is 0 Å². The van der Waals surface area contributed by atoms with Gasteiger partial charge in [-0.15, -0.1) is 0 Å². The van der Waals surface area contributed by atoms with Crippen LogP contribution in [0.1, 0.15) is 12.5 Å². The summed E-state index contributed by atoms with van der Waals surface area (Å²) in [6.07, 6.45) is -0.682. The molecule has 0 saturated carbocycles. The molecule has 0 aliphatic rings. The first-order valence-electron chi connectivity index (χ1n) is 4.34. The summed E-state index contributed by atoms with van der Waals surface area (Å²) < 4.78 is 5.20. The van der Waals surface area contributed by atoms with E-state index in [0.717, 1.165) is 5.56 Å². The van der Waals surface area contributed by atoms with Gasteiger partial charge in [0.25, 0.3) is 5.17 Å². The Kier molecular flexibility index (Phi) is 4.35. The molecule has 0 amide bonds. The number of ether oxygens (including phenoxy) is 1. The largest absolute Gasteiger partial charge is 0.466 e. The van der Waals surface area contributed by atoms with E-state index in [-0.39, 0.29) is 5.17 Å². The minimum atomic E-state index is -0.682. The van der Waals surface area contributed by atoms with Crippen LogP contribution in [0.2, 0.25) is 0 Å². The van der Waals surface area contributed by atoms with E-state index >= 15 is 0 Å². The van der Waals surface area contributed by atoms with Crippen LogP contribution in [-0.2, 0) is 11.3 Å². The molecule has 1 atom stereocenters. The molecule has 1 aromatic carbocycles. The van der Waals surface area contributed by atoms with Gasteiger partial charge in [-0.05, 0) is 24.7 Å². The van der Waals surface area contributed by atoms with Gasteiger partial charge in [0.1, 0.15) is 12.8 Å². The van der Waals surface area contributed by atoms with E-state index in [4.69, 9.17) is 22.1 Å². The van der Waals surface area contributed by atoms with Crippen LogP contribution in [0.3, 0.4) is 0 Å². The van der Waals surface area contributed by atoms with E-state index < -0.39 is 6.23 Å². The SMILES string of the molecule is CC(O)NC(=S)OCc1ccccc1. The van der Waals surface area contributed by atoms with Crippen molar-refractivity contribution in [2.24, 2.45) is 0 Å². The first-order valence-corrected chi connectivity index (χ1v) is 4.74. The Labute approximate surface area is 88.7 Å². The number of nitrogens with one attached hydrogen (secondary N) is 1. The predicted octanol–water partition coefficient (Wildman–Crippen LogP) is 1.42. The lowest BCUT2D eigenvalue weighted by Crippen LogP contribution is -2.32. The maximum atomic E-state index is 8.94. The highest BCUT2D eigenvalue weighted by atomic mass is 32.1. The van der Waals surface area contributed by atoms with E-state index in [2.05, 4.69) is 5.32 Å². The lowest BCUT2D eigenvalue weighted by Gasteiger charge is -2.11. The van der Waals surface area contributed by atoms with Gasteiger partial charge in [0.15, 0.2) is 0 Å². The summed E-state index contributed by atoms with van der Waals surface area (Å²) in [5.41, 5.74) is 1.04. The molecule has 0 saturated heterocycles. The average Bonchev–Trinajstić information content (AvgIpc) is 2.15. The lowest BCUT2D eigenvalue weighted by atomic mass is 10.2. The molecule has 2 N–H and O–H groups in total. The van der Waals surface area contributed by atoms with Gasteiger partial charge in [0.05, 0.1) is 0 Å². The van der Waals surface area contributed by atoms with Crippen LogP contribution >= 0.6 is 12.2 Å². The molecule has 0 spiro atoms. The zero-order valence-electron chi connectivity index (χ0n) is 7.93. The van der Waals surface area contributed by atoms with Crippen molar-refractivity contribution < 1.29 is 9.84 Å².